The highest BCUT2D eigenvalue weighted by Crippen LogP contribution is 2.29. The third-order valence-corrected chi connectivity index (χ3v) is 5.33. The summed E-state index contributed by atoms with van der Waals surface area (Å²) in [6.07, 6.45) is 2.49. The number of nitrogens with two attached hydrogens (primary N) is 1. The lowest BCUT2D eigenvalue weighted by molar-refractivity contribution is -0.0103. The van der Waals surface area contributed by atoms with E-state index in [4.69, 9.17) is 5.73 Å². The molecule has 0 aromatic heterocycles. The lowest BCUT2D eigenvalue weighted by Crippen LogP contribution is -2.64. The minimum Gasteiger partial charge on any atom is -0.329 e. The van der Waals surface area contributed by atoms with Crippen molar-refractivity contribution < 1.29 is 0 Å². The van der Waals surface area contributed by atoms with Gasteiger partial charge in [-0.1, -0.05) is 6.92 Å². The van der Waals surface area contributed by atoms with Crippen molar-refractivity contribution in [2.75, 3.05) is 52.4 Å². The van der Waals surface area contributed by atoms with Gasteiger partial charge in [0.05, 0.1) is 0 Å². The van der Waals surface area contributed by atoms with Crippen LogP contribution in [0.5, 0.6) is 0 Å². The maximum atomic E-state index is 6.18. The molecule has 0 bridgehead atoms. The highest BCUT2D eigenvalue weighted by Gasteiger charge is 2.40. The summed E-state index contributed by atoms with van der Waals surface area (Å²) in [7, 11) is 0. The van der Waals surface area contributed by atoms with Gasteiger partial charge in [-0.2, -0.15) is 0 Å². The van der Waals surface area contributed by atoms with Gasteiger partial charge in [0.1, 0.15) is 0 Å². The van der Waals surface area contributed by atoms with Crippen LogP contribution in [0.15, 0.2) is 0 Å². The monoisotopic (exact) mass is 268 g/mol. The lowest BCUT2D eigenvalue weighted by Gasteiger charge is -2.51. The van der Waals surface area contributed by atoms with Gasteiger partial charge in [-0.05, 0) is 33.2 Å². The first-order valence-electron chi connectivity index (χ1n) is 8.03. The molecule has 0 aliphatic carbocycles. The molecule has 0 atom stereocenters. The van der Waals surface area contributed by atoms with Crippen LogP contribution in [0.25, 0.3) is 0 Å². The van der Waals surface area contributed by atoms with Crippen LogP contribution in [-0.2, 0) is 0 Å². The summed E-state index contributed by atoms with van der Waals surface area (Å²) < 4.78 is 0. The second-order valence-electron chi connectivity index (χ2n) is 6.48. The number of likely N-dealkylation sites (tertiary alicyclic amines) is 1. The fraction of sp³-hybridized carbons (Fsp3) is 1.00. The van der Waals surface area contributed by atoms with Crippen molar-refractivity contribution in [3.63, 3.8) is 0 Å². The van der Waals surface area contributed by atoms with Crippen LogP contribution in [-0.4, -0.2) is 78.6 Å². The minimum atomic E-state index is 0.283. The van der Waals surface area contributed by atoms with Gasteiger partial charge in [-0.25, -0.2) is 0 Å². The Kier molecular flexibility index (Phi) is 5.23. The smallest absolute Gasteiger partial charge is 0.0357 e. The second kappa shape index (κ2) is 6.53. The Morgan fingerprint density at radius 1 is 1.00 bits per heavy atom. The second-order valence-corrected chi connectivity index (χ2v) is 6.48. The van der Waals surface area contributed by atoms with E-state index in [2.05, 4.69) is 35.5 Å². The summed E-state index contributed by atoms with van der Waals surface area (Å²) in [5.41, 5.74) is 6.47. The lowest BCUT2D eigenvalue weighted by atomic mass is 9.84. The maximum Gasteiger partial charge on any atom is 0.0357 e. The van der Waals surface area contributed by atoms with E-state index in [1.54, 1.807) is 0 Å². The molecule has 2 fully saturated rings. The molecule has 2 N–H and O–H groups in total. The molecule has 19 heavy (non-hydrogen) atoms. The van der Waals surface area contributed by atoms with Gasteiger partial charge in [0, 0.05) is 57.4 Å². The Hall–Kier alpha value is -0.160. The molecule has 4 nitrogen and oxygen atoms in total. The van der Waals surface area contributed by atoms with Gasteiger partial charge in [-0.15, -0.1) is 0 Å². The molecule has 0 amide bonds. The fourth-order valence-corrected chi connectivity index (χ4v) is 3.64. The van der Waals surface area contributed by atoms with E-state index < -0.39 is 0 Å². The van der Waals surface area contributed by atoms with E-state index in [0.29, 0.717) is 6.04 Å². The molecular formula is C15H32N4. The first-order chi connectivity index (χ1) is 9.11. The van der Waals surface area contributed by atoms with Crippen LogP contribution in [0.4, 0.5) is 0 Å². The number of hydrogen-bond donors (Lipinski definition) is 1. The summed E-state index contributed by atoms with van der Waals surface area (Å²) in [6.45, 7) is 16.1. The van der Waals surface area contributed by atoms with Crippen molar-refractivity contribution in [2.45, 2.75) is 45.2 Å². The van der Waals surface area contributed by atoms with Crippen molar-refractivity contribution in [1.29, 1.82) is 0 Å². The Morgan fingerprint density at radius 3 is 2.00 bits per heavy atom. The van der Waals surface area contributed by atoms with Gasteiger partial charge in [-0.3, -0.25) is 4.90 Å². The fourth-order valence-electron chi connectivity index (χ4n) is 3.64. The molecule has 112 valence electrons. The van der Waals surface area contributed by atoms with E-state index in [1.807, 2.05) is 0 Å². The molecule has 0 spiro atoms. The standard InChI is InChI=1S/C15H32N4/c1-4-17-9-11-19(12-10-17)15(13-16)5-7-18(8-6-15)14(2)3/h14H,4-13,16H2,1-3H3. The normalized spacial score (nSPS) is 27.0. The minimum absolute atomic E-state index is 0.283. The largest absolute Gasteiger partial charge is 0.329 e. The highest BCUT2D eigenvalue weighted by molar-refractivity contribution is 4.98. The Labute approximate surface area is 118 Å². The molecule has 0 radical (unpaired) electrons. The highest BCUT2D eigenvalue weighted by atomic mass is 15.3. The molecule has 2 aliphatic rings. The van der Waals surface area contributed by atoms with Crippen molar-refractivity contribution in [3.8, 4) is 0 Å². The SMILES string of the molecule is CCN1CCN(C2(CN)CCN(C(C)C)CC2)CC1. The van der Waals surface area contributed by atoms with Crippen LogP contribution in [0.2, 0.25) is 0 Å². The average Bonchev–Trinajstić information content (AvgIpc) is 2.47. The zero-order valence-electron chi connectivity index (χ0n) is 13.1. The number of nitrogens with zero attached hydrogens (tertiary/aromatic N) is 3. The molecule has 0 aromatic rings. The van der Waals surface area contributed by atoms with Crippen LogP contribution < -0.4 is 5.73 Å². The summed E-state index contributed by atoms with van der Waals surface area (Å²) >= 11 is 0. The van der Waals surface area contributed by atoms with E-state index in [-0.39, 0.29) is 5.54 Å². The van der Waals surface area contributed by atoms with Crippen molar-refractivity contribution in [3.05, 3.63) is 0 Å². The number of hydrogen-bond acceptors (Lipinski definition) is 4. The maximum absolute atomic E-state index is 6.18. The topological polar surface area (TPSA) is 35.7 Å². The molecule has 2 heterocycles. The van der Waals surface area contributed by atoms with E-state index in [1.165, 1.54) is 58.7 Å². The molecule has 2 rings (SSSR count). The quantitative estimate of drug-likeness (QED) is 0.819. The average molecular weight is 268 g/mol. The predicted molar refractivity (Wildman–Crippen MR) is 81.4 cm³/mol. The molecule has 4 heteroatoms. The summed E-state index contributed by atoms with van der Waals surface area (Å²) in [4.78, 5) is 7.83. The third kappa shape index (κ3) is 3.30. The third-order valence-electron chi connectivity index (χ3n) is 5.33. The Balaban J connectivity index is 1.93. The number of piperazine rings is 1. The predicted octanol–water partition coefficient (Wildman–Crippen LogP) is 0.826. The summed E-state index contributed by atoms with van der Waals surface area (Å²) in [6, 6.07) is 0.674. The first kappa shape index (κ1) is 15.2. The zero-order chi connectivity index (χ0) is 13.9. The van der Waals surface area contributed by atoms with Gasteiger partial charge >= 0.3 is 0 Å². The number of piperidine rings is 1. The Morgan fingerprint density at radius 2 is 1.58 bits per heavy atom. The zero-order valence-corrected chi connectivity index (χ0v) is 13.1. The van der Waals surface area contributed by atoms with E-state index in [0.717, 1.165) is 6.54 Å². The number of likely N-dealkylation sites (N-methyl/N-ethyl adjacent to an activating group) is 1. The van der Waals surface area contributed by atoms with Crippen molar-refractivity contribution >= 4 is 0 Å². The molecule has 0 aromatic carbocycles. The summed E-state index contributed by atoms with van der Waals surface area (Å²) in [5, 5.41) is 0. The first-order valence-corrected chi connectivity index (χ1v) is 8.03. The number of rotatable bonds is 4. The Bertz CT molecular complexity index is 263. The van der Waals surface area contributed by atoms with E-state index >= 15 is 0 Å². The van der Waals surface area contributed by atoms with Gasteiger partial charge in [0.15, 0.2) is 0 Å². The summed E-state index contributed by atoms with van der Waals surface area (Å²) in [5.74, 6) is 0. The van der Waals surface area contributed by atoms with E-state index in [9.17, 15) is 0 Å². The van der Waals surface area contributed by atoms with Gasteiger partial charge < -0.3 is 15.5 Å². The van der Waals surface area contributed by atoms with Crippen LogP contribution in [0.3, 0.4) is 0 Å². The molecule has 2 aliphatic heterocycles. The molecule has 0 saturated carbocycles. The van der Waals surface area contributed by atoms with Crippen LogP contribution >= 0.6 is 0 Å². The van der Waals surface area contributed by atoms with Gasteiger partial charge in [0.25, 0.3) is 0 Å². The van der Waals surface area contributed by atoms with Crippen molar-refractivity contribution in [1.82, 2.24) is 14.7 Å². The van der Waals surface area contributed by atoms with Crippen molar-refractivity contribution in [2.24, 2.45) is 5.73 Å². The van der Waals surface area contributed by atoms with Crippen LogP contribution in [0, 0.1) is 0 Å². The van der Waals surface area contributed by atoms with Gasteiger partial charge in [0.2, 0.25) is 0 Å². The molecule has 2 saturated heterocycles. The van der Waals surface area contributed by atoms with Crippen LogP contribution in [0.1, 0.15) is 33.6 Å². The molecular weight excluding hydrogens is 236 g/mol. The molecule has 0 unspecified atom stereocenters.